The second-order valence-electron chi connectivity index (χ2n) is 7.24. The zero-order chi connectivity index (χ0) is 12.9. The molecule has 0 radical (unpaired) electrons. The van der Waals surface area contributed by atoms with Crippen LogP contribution in [0.2, 0.25) is 0 Å². The van der Waals surface area contributed by atoms with Gasteiger partial charge in [-0.2, -0.15) is 0 Å². The second-order valence-corrected chi connectivity index (χ2v) is 7.24. The fourth-order valence-electron chi connectivity index (χ4n) is 5.50. The summed E-state index contributed by atoms with van der Waals surface area (Å²) in [5.41, 5.74) is 0.0401. The average Bonchev–Trinajstić information content (AvgIpc) is 2.65. The molecule has 0 amide bonds. The monoisotopic (exact) mass is 254 g/mol. The van der Waals surface area contributed by atoms with E-state index in [1.807, 2.05) is 24.3 Å². The van der Waals surface area contributed by atoms with Crippen LogP contribution in [0.4, 0.5) is 0 Å². The van der Waals surface area contributed by atoms with E-state index in [1.165, 1.54) is 38.5 Å². The minimum absolute atomic E-state index is 0.0197. The summed E-state index contributed by atoms with van der Waals surface area (Å²) in [5, 5.41) is 0. The van der Waals surface area contributed by atoms with E-state index in [2.05, 4.69) is 12.2 Å². The van der Waals surface area contributed by atoms with Gasteiger partial charge in [0.25, 0.3) is 0 Å². The number of carbonyl (C=O) groups is 1. The van der Waals surface area contributed by atoms with Crippen molar-refractivity contribution in [1.29, 1.82) is 0 Å². The molecular formula is C18H22O. The van der Waals surface area contributed by atoms with E-state index >= 15 is 0 Å². The predicted molar refractivity (Wildman–Crippen MR) is 76.5 cm³/mol. The van der Waals surface area contributed by atoms with E-state index in [0.717, 1.165) is 17.8 Å². The summed E-state index contributed by atoms with van der Waals surface area (Å²) < 4.78 is 0. The van der Waals surface area contributed by atoms with Crippen LogP contribution in [0.5, 0.6) is 0 Å². The van der Waals surface area contributed by atoms with Crippen molar-refractivity contribution in [2.45, 2.75) is 38.5 Å². The van der Waals surface area contributed by atoms with E-state index in [4.69, 9.17) is 0 Å². The highest BCUT2D eigenvalue weighted by Gasteiger charge is 2.54. The van der Waals surface area contributed by atoms with Gasteiger partial charge in [-0.05, 0) is 56.3 Å². The minimum atomic E-state index is 0.0197. The first-order valence-corrected chi connectivity index (χ1v) is 7.81. The van der Waals surface area contributed by atoms with Crippen LogP contribution in [0, 0.1) is 29.1 Å². The largest absolute Gasteiger partial charge is 0.298 e. The van der Waals surface area contributed by atoms with Gasteiger partial charge in [-0.15, -0.1) is 0 Å². The highest BCUT2D eigenvalue weighted by atomic mass is 16.1. The van der Waals surface area contributed by atoms with Crippen LogP contribution in [0.3, 0.4) is 0 Å². The lowest BCUT2D eigenvalue weighted by molar-refractivity contribution is -0.145. The summed E-state index contributed by atoms with van der Waals surface area (Å²) in [5.74, 6) is 3.10. The maximum Gasteiger partial charge on any atom is 0.149 e. The van der Waals surface area contributed by atoms with Crippen LogP contribution >= 0.6 is 0 Å². The van der Waals surface area contributed by atoms with Gasteiger partial charge in [-0.3, -0.25) is 4.79 Å². The van der Waals surface area contributed by atoms with Gasteiger partial charge in [0, 0.05) is 5.41 Å². The van der Waals surface area contributed by atoms with Gasteiger partial charge in [0.1, 0.15) is 5.78 Å². The quantitative estimate of drug-likeness (QED) is 0.726. The molecule has 19 heavy (non-hydrogen) atoms. The molecule has 4 fully saturated rings. The van der Waals surface area contributed by atoms with Crippen molar-refractivity contribution in [2.24, 2.45) is 29.1 Å². The number of hydrogen-bond donors (Lipinski definition) is 0. The predicted octanol–water partition coefficient (Wildman–Crippen LogP) is 4.07. The molecule has 0 aromatic rings. The second kappa shape index (κ2) is 4.19. The summed E-state index contributed by atoms with van der Waals surface area (Å²) in [7, 11) is 0. The van der Waals surface area contributed by atoms with Crippen molar-refractivity contribution in [3.05, 3.63) is 36.5 Å². The highest BCUT2D eigenvalue weighted by molar-refractivity contribution is 5.90. The summed E-state index contributed by atoms with van der Waals surface area (Å²) in [6.45, 7) is 0. The maximum atomic E-state index is 13.1. The Balaban J connectivity index is 1.63. The first-order chi connectivity index (χ1) is 9.25. The molecule has 0 aromatic carbocycles. The number of carbonyl (C=O) groups excluding carboxylic acids is 1. The van der Waals surface area contributed by atoms with Gasteiger partial charge in [-0.25, -0.2) is 0 Å². The first-order valence-electron chi connectivity index (χ1n) is 7.81. The Kier molecular flexibility index (Phi) is 2.58. The molecule has 1 heteroatoms. The lowest BCUT2D eigenvalue weighted by Crippen LogP contribution is -2.51. The standard InChI is InChI=1S/C18H22O/c19-17(16-5-3-1-2-4-6-16)18-10-13-7-14(11-18)9-15(8-13)12-18/h1-6,13-16H,7-12H2. The van der Waals surface area contributed by atoms with Gasteiger partial charge in [0.05, 0.1) is 5.92 Å². The van der Waals surface area contributed by atoms with E-state index in [1.54, 1.807) is 0 Å². The molecule has 5 aliphatic carbocycles. The fraction of sp³-hybridized carbons (Fsp3) is 0.611. The number of allylic oxidation sites excluding steroid dienone is 6. The molecule has 0 heterocycles. The van der Waals surface area contributed by atoms with Gasteiger partial charge in [0.2, 0.25) is 0 Å². The van der Waals surface area contributed by atoms with Crippen LogP contribution in [-0.2, 0) is 4.79 Å². The Bertz CT molecular complexity index is 429. The molecule has 0 N–H and O–H groups in total. The Morgan fingerprint density at radius 1 is 0.789 bits per heavy atom. The van der Waals surface area contributed by atoms with Crippen molar-refractivity contribution in [1.82, 2.24) is 0 Å². The van der Waals surface area contributed by atoms with E-state index < -0.39 is 0 Å². The van der Waals surface area contributed by atoms with Crippen molar-refractivity contribution in [2.75, 3.05) is 0 Å². The Hall–Kier alpha value is -1.11. The molecule has 0 aliphatic heterocycles. The van der Waals surface area contributed by atoms with Crippen molar-refractivity contribution in [3.8, 4) is 0 Å². The van der Waals surface area contributed by atoms with Crippen molar-refractivity contribution >= 4 is 5.78 Å². The van der Waals surface area contributed by atoms with Gasteiger partial charge < -0.3 is 0 Å². The van der Waals surface area contributed by atoms with Crippen LogP contribution in [0.15, 0.2) is 36.5 Å². The Morgan fingerprint density at radius 2 is 1.26 bits per heavy atom. The third kappa shape index (κ3) is 1.86. The first kappa shape index (κ1) is 11.7. The zero-order valence-electron chi connectivity index (χ0n) is 11.4. The molecule has 0 unspecified atom stereocenters. The normalized spacial score (nSPS) is 43.7. The molecule has 5 rings (SSSR count). The van der Waals surface area contributed by atoms with Gasteiger partial charge >= 0.3 is 0 Å². The summed E-state index contributed by atoms with van der Waals surface area (Å²) in [6.07, 6.45) is 20.0. The number of rotatable bonds is 2. The fourth-order valence-corrected chi connectivity index (χ4v) is 5.50. The Labute approximate surface area is 115 Å². The van der Waals surface area contributed by atoms with Crippen molar-refractivity contribution < 1.29 is 4.79 Å². The average molecular weight is 254 g/mol. The van der Waals surface area contributed by atoms with Crippen LogP contribution in [-0.4, -0.2) is 5.78 Å². The lowest BCUT2D eigenvalue weighted by atomic mass is 9.47. The number of ketones is 1. The molecule has 0 aromatic heterocycles. The summed E-state index contributed by atoms with van der Waals surface area (Å²) in [4.78, 5) is 13.1. The number of Topliss-reactive ketones (excluding diaryl/α,β-unsaturated/α-hetero) is 1. The molecule has 1 nitrogen and oxygen atoms in total. The molecule has 5 aliphatic rings. The smallest absolute Gasteiger partial charge is 0.149 e. The van der Waals surface area contributed by atoms with Gasteiger partial charge in [0.15, 0.2) is 0 Å². The summed E-state index contributed by atoms with van der Waals surface area (Å²) in [6, 6.07) is 0. The molecule has 0 saturated heterocycles. The van der Waals surface area contributed by atoms with Gasteiger partial charge in [-0.1, -0.05) is 36.5 Å². The third-order valence-corrected chi connectivity index (χ3v) is 5.83. The van der Waals surface area contributed by atoms with E-state index in [9.17, 15) is 4.79 Å². The van der Waals surface area contributed by atoms with E-state index in [0.29, 0.717) is 5.78 Å². The lowest BCUT2D eigenvalue weighted by Gasteiger charge is -2.56. The maximum absolute atomic E-state index is 13.1. The molecule has 0 atom stereocenters. The Morgan fingerprint density at radius 3 is 1.74 bits per heavy atom. The van der Waals surface area contributed by atoms with Crippen LogP contribution in [0.1, 0.15) is 38.5 Å². The number of hydrogen-bond acceptors (Lipinski definition) is 1. The SMILES string of the molecule is O=C(C1C=CC=CC=C1)C12CC3CC(CC(C3)C1)C2. The topological polar surface area (TPSA) is 17.1 Å². The summed E-state index contributed by atoms with van der Waals surface area (Å²) >= 11 is 0. The van der Waals surface area contributed by atoms with Crippen LogP contribution in [0.25, 0.3) is 0 Å². The molecular weight excluding hydrogens is 232 g/mol. The zero-order valence-corrected chi connectivity index (χ0v) is 11.4. The van der Waals surface area contributed by atoms with Crippen LogP contribution < -0.4 is 0 Å². The minimum Gasteiger partial charge on any atom is -0.298 e. The molecule has 100 valence electrons. The van der Waals surface area contributed by atoms with E-state index in [-0.39, 0.29) is 11.3 Å². The van der Waals surface area contributed by atoms with Crippen molar-refractivity contribution in [3.63, 3.8) is 0 Å². The molecule has 0 spiro atoms. The molecule has 4 saturated carbocycles. The molecule has 4 bridgehead atoms. The highest BCUT2D eigenvalue weighted by Crippen LogP contribution is 2.61. The third-order valence-electron chi connectivity index (χ3n) is 5.83.